The first-order valence-corrected chi connectivity index (χ1v) is 11.8. The lowest BCUT2D eigenvalue weighted by molar-refractivity contribution is -0.113. The summed E-state index contributed by atoms with van der Waals surface area (Å²) in [6.07, 6.45) is 0. The van der Waals surface area contributed by atoms with E-state index in [-0.39, 0.29) is 17.2 Å². The Morgan fingerprint density at radius 3 is 2.60 bits per heavy atom. The topological polar surface area (TPSA) is 105 Å². The van der Waals surface area contributed by atoms with Gasteiger partial charge in [0.2, 0.25) is 11.7 Å². The van der Waals surface area contributed by atoms with Gasteiger partial charge in [-0.25, -0.2) is 4.57 Å². The number of aryl methyl sites for hydroxylation is 2. The average molecular weight is 481 g/mol. The lowest BCUT2D eigenvalue weighted by Gasteiger charge is -2.14. The molecule has 9 heteroatoms. The van der Waals surface area contributed by atoms with E-state index in [9.17, 15) is 9.59 Å². The molecule has 0 saturated carbocycles. The molecule has 0 spiro atoms. The van der Waals surface area contributed by atoms with Crippen LogP contribution in [0.3, 0.4) is 0 Å². The molecule has 1 N–H and O–H groups in total. The third-order valence-corrected chi connectivity index (χ3v) is 6.56. The molecule has 5 rings (SSSR count). The Balaban J connectivity index is 1.54. The molecule has 0 radical (unpaired) electrons. The van der Waals surface area contributed by atoms with Crippen LogP contribution >= 0.6 is 11.8 Å². The molecule has 1 amide bonds. The van der Waals surface area contributed by atoms with E-state index in [1.165, 1.54) is 11.8 Å². The van der Waals surface area contributed by atoms with Gasteiger partial charge in [0.25, 0.3) is 5.56 Å². The van der Waals surface area contributed by atoms with Crippen LogP contribution in [0.15, 0.2) is 76.7 Å². The van der Waals surface area contributed by atoms with Crippen molar-refractivity contribution in [1.82, 2.24) is 19.2 Å². The molecular weight excluding hydrogens is 460 g/mol. The molecule has 8 nitrogen and oxygen atoms in total. The second-order valence-corrected chi connectivity index (χ2v) is 9.03. The number of aromatic nitrogens is 4. The number of para-hydroxylation sites is 1. The highest BCUT2D eigenvalue weighted by atomic mass is 32.2. The third-order valence-electron chi connectivity index (χ3n) is 5.63. The van der Waals surface area contributed by atoms with Gasteiger partial charge in [0.05, 0.1) is 34.0 Å². The summed E-state index contributed by atoms with van der Waals surface area (Å²) in [6, 6.07) is 22.0. The smallest absolute Gasteiger partial charge is 0.267 e. The molecule has 0 bridgehead atoms. The molecule has 0 atom stereocenters. The second kappa shape index (κ2) is 9.08. The molecule has 3 aromatic carbocycles. The number of amides is 1. The number of thioether (sulfide) groups is 1. The molecule has 0 fully saturated rings. The first kappa shape index (κ1) is 22.4. The average Bonchev–Trinajstić information content (AvgIpc) is 3.29. The highest BCUT2D eigenvalue weighted by Gasteiger charge is 2.19. The van der Waals surface area contributed by atoms with Gasteiger partial charge in [0.1, 0.15) is 0 Å². The zero-order valence-electron chi connectivity index (χ0n) is 19.0. The largest absolute Gasteiger partial charge is 0.325 e. The highest BCUT2D eigenvalue weighted by molar-refractivity contribution is 7.99. The van der Waals surface area contributed by atoms with Gasteiger partial charge in [-0.2, -0.15) is 5.26 Å². The van der Waals surface area contributed by atoms with E-state index in [4.69, 9.17) is 5.26 Å². The minimum absolute atomic E-state index is 0.0950. The lowest BCUT2D eigenvalue weighted by atomic mass is 10.1. The maximum absolute atomic E-state index is 13.5. The summed E-state index contributed by atoms with van der Waals surface area (Å²) >= 11 is 1.23. The minimum Gasteiger partial charge on any atom is -0.325 e. The quantitative estimate of drug-likeness (QED) is 0.377. The van der Waals surface area contributed by atoms with Crippen LogP contribution < -0.4 is 10.9 Å². The number of anilines is 1. The number of benzene rings is 3. The SMILES string of the molecule is Cc1ccc(C)c(-n2c(=O)c3ccccc3n3c(SCC(=O)Nc4ccc(C#N)cc4)nnc23)c1. The number of carbonyl (C=O) groups excluding carboxylic acids is 1. The summed E-state index contributed by atoms with van der Waals surface area (Å²) in [5, 5.41) is 21.5. The number of nitriles is 1. The molecule has 35 heavy (non-hydrogen) atoms. The number of carbonyl (C=O) groups is 1. The van der Waals surface area contributed by atoms with Crippen molar-refractivity contribution in [2.45, 2.75) is 19.0 Å². The summed E-state index contributed by atoms with van der Waals surface area (Å²) in [6.45, 7) is 3.93. The Labute approximate surface area is 204 Å². The molecule has 0 unspecified atom stereocenters. The summed E-state index contributed by atoms with van der Waals surface area (Å²) in [7, 11) is 0. The van der Waals surface area contributed by atoms with Crippen LogP contribution in [0.25, 0.3) is 22.4 Å². The Morgan fingerprint density at radius 1 is 1.06 bits per heavy atom. The van der Waals surface area contributed by atoms with E-state index >= 15 is 0 Å². The van der Waals surface area contributed by atoms with Crippen LogP contribution in [-0.2, 0) is 4.79 Å². The summed E-state index contributed by atoms with van der Waals surface area (Å²) in [5.41, 5.74) is 4.34. The number of fused-ring (bicyclic) bond motifs is 3. The fourth-order valence-electron chi connectivity index (χ4n) is 3.90. The van der Waals surface area contributed by atoms with Crippen LogP contribution in [-0.4, -0.2) is 30.8 Å². The van der Waals surface area contributed by atoms with Crippen LogP contribution in [0.2, 0.25) is 0 Å². The van der Waals surface area contributed by atoms with Crippen molar-refractivity contribution in [2.24, 2.45) is 0 Å². The maximum Gasteiger partial charge on any atom is 0.267 e. The highest BCUT2D eigenvalue weighted by Crippen LogP contribution is 2.25. The molecule has 5 aromatic rings. The first-order chi connectivity index (χ1) is 17.0. The van der Waals surface area contributed by atoms with Crippen molar-refractivity contribution < 1.29 is 4.79 Å². The van der Waals surface area contributed by atoms with Gasteiger partial charge in [0, 0.05) is 5.69 Å². The lowest BCUT2D eigenvalue weighted by Crippen LogP contribution is -2.22. The van der Waals surface area contributed by atoms with Crippen molar-refractivity contribution in [3.63, 3.8) is 0 Å². The van der Waals surface area contributed by atoms with Crippen molar-refractivity contribution in [3.8, 4) is 11.8 Å². The summed E-state index contributed by atoms with van der Waals surface area (Å²) in [5.74, 6) is 0.263. The molecule has 0 saturated heterocycles. The number of rotatable bonds is 5. The van der Waals surface area contributed by atoms with Crippen LogP contribution in [0.5, 0.6) is 0 Å². The van der Waals surface area contributed by atoms with Gasteiger partial charge in [-0.3, -0.25) is 14.0 Å². The van der Waals surface area contributed by atoms with Gasteiger partial charge >= 0.3 is 0 Å². The standard InChI is InChI=1S/C26H20N6O2S/c1-16-7-8-17(2)22(13-16)31-24(34)20-5-3-4-6-21(20)32-25(31)29-30-26(32)35-15-23(33)28-19-11-9-18(14-27)10-12-19/h3-13H,15H2,1-2H3,(H,28,33). The Kier molecular flexibility index (Phi) is 5.81. The Morgan fingerprint density at radius 2 is 1.83 bits per heavy atom. The molecule has 0 aliphatic carbocycles. The van der Waals surface area contributed by atoms with Crippen molar-refractivity contribution in [3.05, 3.63) is 93.8 Å². The number of hydrogen-bond acceptors (Lipinski definition) is 6. The molecule has 0 aliphatic rings. The van der Waals surface area contributed by atoms with Gasteiger partial charge in [0.15, 0.2) is 5.16 Å². The number of nitrogens with zero attached hydrogens (tertiary/aromatic N) is 5. The summed E-state index contributed by atoms with van der Waals surface area (Å²) in [4.78, 5) is 26.1. The fourth-order valence-corrected chi connectivity index (χ4v) is 4.64. The van der Waals surface area contributed by atoms with Crippen molar-refractivity contribution >= 4 is 40.0 Å². The zero-order valence-corrected chi connectivity index (χ0v) is 19.8. The molecular formula is C26H20N6O2S. The molecule has 2 aromatic heterocycles. The van der Waals surface area contributed by atoms with Crippen LogP contribution in [0.4, 0.5) is 5.69 Å². The van der Waals surface area contributed by atoms with E-state index in [1.807, 2.05) is 54.6 Å². The number of nitrogens with one attached hydrogen (secondary N) is 1. The second-order valence-electron chi connectivity index (χ2n) is 8.09. The van der Waals surface area contributed by atoms with E-state index in [1.54, 1.807) is 34.9 Å². The first-order valence-electron chi connectivity index (χ1n) is 10.9. The van der Waals surface area contributed by atoms with Crippen LogP contribution in [0, 0.1) is 25.2 Å². The van der Waals surface area contributed by atoms with Gasteiger partial charge in [-0.15, -0.1) is 10.2 Å². The van der Waals surface area contributed by atoms with Crippen molar-refractivity contribution in [2.75, 3.05) is 11.1 Å². The minimum atomic E-state index is -0.219. The third kappa shape index (κ3) is 4.16. The van der Waals surface area contributed by atoms with Crippen molar-refractivity contribution in [1.29, 1.82) is 5.26 Å². The van der Waals surface area contributed by atoms with E-state index < -0.39 is 0 Å². The predicted octanol–water partition coefficient (Wildman–Crippen LogP) is 4.25. The van der Waals surface area contributed by atoms with E-state index in [0.29, 0.717) is 33.1 Å². The van der Waals surface area contributed by atoms with Gasteiger partial charge in [-0.1, -0.05) is 36.0 Å². The van der Waals surface area contributed by atoms with Crippen LogP contribution in [0.1, 0.15) is 16.7 Å². The molecule has 2 heterocycles. The van der Waals surface area contributed by atoms with E-state index in [2.05, 4.69) is 21.6 Å². The molecule has 172 valence electrons. The zero-order chi connectivity index (χ0) is 24.5. The maximum atomic E-state index is 13.5. The fraction of sp³-hybridized carbons (Fsp3) is 0.115. The monoisotopic (exact) mass is 480 g/mol. The predicted molar refractivity (Wildman–Crippen MR) is 136 cm³/mol. The van der Waals surface area contributed by atoms with E-state index in [0.717, 1.165) is 16.8 Å². The Hall–Kier alpha value is -4.42. The summed E-state index contributed by atoms with van der Waals surface area (Å²) < 4.78 is 3.40. The van der Waals surface area contributed by atoms with Gasteiger partial charge < -0.3 is 5.32 Å². The normalized spacial score (nSPS) is 11.0. The molecule has 0 aliphatic heterocycles. The van der Waals surface area contributed by atoms with Gasteiger partial charge in [-0.05, 0) is 67.4 Å². The number of hydrogen-bond donors (Lipinski definition) is 1. The Bertz CT molecular complexity index is 1700.